The Morgan fingerprint density at radius 3 is 2.87 bits per heavy atom. The molecule has 0 saturated carbocycles. The van der Waals surface area contributed by atoms with E-state index >= 15 is 0 Å². The molecule has 0 aliphatic rings. The van der Waals surface area contributed by atoms with E-state index in [9.17, 15) is 4.79 Å². The van der Waals surface area contributed by atoms with Crippen molar-refractivity contribution in [1.82, 2.24) is 4.98 Å². The van der Waals surface area contributed by atoms with Crippen LogP contribution in [0.3, 0.4) is 0 Å². The fourth-order valence-electron chi connectivity index (χ4n) is 1.12. The third kappa shape index (κ3) is 2.44. The summed E-state index contributed by atoms with van der Waals surface area (Å²) in [4.78, 5) is 15.0. The zero-order valence-electron chi connectivity index (χ0n) is 8.48. The Hall–Kier alpha value is -2.09. The summed E-state index contributed by atoms with van der Waals surface area (Å²) in [6, 6.07) is 3.52. The van der Waals surface area contributed by atoms with Crippen LogP contribution in [0.4, 0.5) is 0 Å². The molecule has 1 aromatic rings. The predicted molar refractivity (Wildman–Crippen MR) is 51.2 cm³/mol. The van der Waals surface area contributed by atoms with Gasteiger partial charge in [-0.3, -0.25) is 9.78 Å². The highest BCUT2D eigenvalue weighted by Crippen LogP contribution is 2.19. The molecule has 1 aromatic heterocycles. The number of hydrogen-bond donors (Lipinski definition) is 0. The minimum absolute atomic E-state index is 0.0312. The van der Waals surface area contributed by atoms with Crippen LogP contribution < -0.4 is 4.74 Å². The number of nitrogens with zero attached hydrogens (tertiary/aromatic N) is 2. The van der Waals surface area contributed by atoms with Crippen molar-refractivity contribution in [3.8, 4) is 11.8 Å². The Kier molecular flexibility index (Phi) is 3.63. The lowest BCUT2D eigenvalue weighted by molar-refractivity contribution is -0.139. The van der Waals surface area contributed by atoms with Gasteiger partial charge in [0.1, 0.15) is 17.4 Å². The largest absolute Gasteiger partial charge is 0.495 e. The van der Waals surface area contributed by atoms with Crippen LogP contribution in [-0.4, -0.2) is 25.2 Å². The number of pyridine rings is 1. The lowest BCUT2D eigenvalue weighted by atomic mass is 10.1. The molecule has 5 nitrogen and oxygen atoms in total. The number of ether oxygens (including phenoxy) is 2. The van der Waals surface area contributed by atoms with Gasteiger partial charge in [-0.05, 0) is 6.07 Å². The average Bonchev–Trinajstić information content (AvgIpc) is 2.28. The number of esters is 1. The molecule has 0 fully saturated rings. The van der Waals surface area contributed by atoms with Gasteiger partial charge in [0.2, 0.25) is 0 Å². The van der Waals surface area contributed by atoms with E-state index in [-0.39, 0.29) is 12.0 Å². The smallest absolute Gasteiger partial charge is 0.311 e. The lowest BCUT2D eigenvalue weighted by Crippen LogP contribution is -2.08. The molecular formula is C10H10N2O3. The highest BCUT2D eigenvalue weighted by Gasteiger charge is 2.13. The second-order valence-electron chi connectivity index (χ2n) is 2.70. The van der Waals surface area contributed by atoms with Gasteiger partial charge in [-0.25, -0.2) is 0 Å². The average molecular weight is 206 g/mol. The number of nitriles is 1. The maximum atomic E-state index is 11.0. The molecule has 5 heteroatoms. The molecule has 0 unspecified atom stereocenters. The zero-order valence-corrected chi connectivity index (χ0v) is 8.48. The van der Waals surface area contributed by atoms with E-state index in [1.807, 2.05) is 6.07 Å². The predicted octanol–water partition coefficient (Wildman–Crippen LogP) is 0.677. The van der Waals surface area contributed by atoms with Crippen molar-refractivity contribution in [3.05, 3.63) is 23.5 Å². The summed E-state index contributed by atoms with van der Waals surface area (Å²) in [5, 5.41) is 8.89. The Labute approximate surface area is 87.3 Å². The normalized spacial score (nSPS) is 9.13. The summed E-state index contributed by atoms with van der Waals surface area (Å²) in [6.07, 6.45) is 1.45. The third-order valence-corrected chi connectivity index (χ3v) is 1.86. The van der Waals surface area contributed by atoms with Crippen LogP contribution >= 0.6 is 0 Å². The minimum atomic E-state index is -0.438. The molecule has 0 saturated heterocycles. The van der Waals surface area contributed by atoms with Crippen LogP contribution in [0.2, 0.25) is 0 Å². The van der Waals surface area contributed by atoms with Gasteiger partial charge in [-0.15, -0.1) is 0 Å². The van der Waals surface area contributed by atoms with Gasteiger partial charge in [0.15, 0.2) is 0 Å². The highest BCUT2D eigenvalue weighted by atomic mass is 16.5. The van der Waals surface area contributed by atoms with Crippen molar-refractivity contribution < 1.29 is 14.3 Å². The fourth-order valence-corrected chi connectivity index (χ4v) is 1.12. The van der Waals surface area contributed by atoms with Crippen LogP contribution in [0.15, 0.2) is 12.3 Å². The quantitative estimate of drug-likeness (QED) is 0.680. The molecule has 15 heavy (non-hydrogen) atoms. The third-order valence-electron chi connectivity index (χ3n) is 1.86. The second-order valence-corrected chi connectivity index (χ2v) is 2.70. The number of carbonyl (C=O) groups excluding carboxylic acids is 1. The first-order valence-corrected chi connectivity index (χ1v) is 4.21. The molecule has 0 N–H and O–H groups in total. The Bertz CT molecular complexity index is 410. The summed E-state index contributed by atoms with van der Waals surface area (Å²) in [5.41, 5.74) is 0.633. The summed E-state index contributed by atoms with van der Waals surface area (Å²) in [6.45, 7) is 0. The molecule has 0 aromatic carbocycles. The van der Waals surface area contributed by atoms with Crippen molar-refractivity contribution in [2.75, 3.05) is 14.2 Å². The number of methoxy groups -OCH3 is 2. The van der Waals surface area contributed by atoms with Crippen LogP contribution in [0.25, 0.3) is 0 Å². The minimum Gasteiger partial charge on any atom is -0.495 e. The van der Waals surface area contributed by atoms with Gasteiger partial charge < -0.3 is 9.47 Å². The van der Waals surface area contributed by atoms with Crippen molar-refractivity contribution >= 4 is 5.97 Å². The van der Waals surface area contributed by atoms with E-state index in [1.54, 1.807) is 6.07 Å². The molecule has 0 radical (unpaired) electrons. The van der Waals surface area contributed by atoms with Gasteiger partial charge in [0.05, 0.1) is 26.3 Å². The Morgan fingerprint density at radius 2 is 2.33 bits per heavy atom. The van der Waals surface area contributed by atoms with Gasteiger partial charge in [-0.1, -0.05) is 0 Å². The van der Waals surface area contributed by atoms with Crippen molar-refractivity contribution in [2.45, 2.75) is 6.42 Å². The highest BCUT2D eigenvalue weighted by molar-refractivity contribution is 5.73. The van der Waals surface area contributed by atoms with E-state index in [0.717, 1.165) is 0 Å². The molecule has 0 aliphatic heterocycles. The molecule has 0 spiro atoms. The van der Waals surface area contributed by atoms with Gasteiger partial charge in [0, 0.05) is 6.20 Å². The van der Waals surface area contributed by atoms with Crippen molar-refractivity contribution in [3.63, 3.8) is 0 Å². The summed E-state index contributed by atoms with van der Waals surface area (Å²) in [5.74, 6) is -0.0290. The topological polar surface area (TPSA) is 72.2 Å². The summed E-state index contributed by atoms with van der Waals surface area (Å²) < 4.78 is 9.48. The summed E-state index contributed by atoms with van der Waals surface area (Å²) >= 11 is 0. The number of rotatable bonds is 3. The molecule has 0 bridgehead atoms. The van der Waals surface area contributed by atoms with Crippen LogP contribution in [-0.2, 0) is 16.0 Å². The first-order valence-electron chi connectivity index (χ1n) is 4.21. The Balaban J connectivity index is 3.08. The standard InChI is InChI=1S/C10H10N2O3/c1-14-9-3-4-12-8(7(9)6-11)5-10(13)15-2/h3-4H,5H2,1-2H3. The van der Waals surface area contributed by atoms with Gasteiger partial charge >= 0.3 is 5.97 Å². The first kappa shape index (κ1) is 11.0. The van der Waals surface area contributed by atoms with E-state index in [1.165, 1.54) is 20.4 Å². The van der Waals surface area contributed by atoms with E-state index in [2.05, 4.69) is 9.72 Å². The maximum Gasteiger partial charge on any atom is 0.311 e. The number of hydrogen-bond acceptors (Lipinski definition) is 5. The lowest BCUT2D eigenvalue weighted by Gasteiger charge is -2.05. The number of aromatic nitrogens is 1. The molecule has 0 amide bonds. The van der Waals surface area contributed by atoms with E-state index in [0.29, 0.717) is 11.4 Å². The SMILES string of the molecule is COC(=O)Cc1nccc(OC)c1C#N. The van der Waals surface area contributed by atoms with E-state index in [4.69, 9.17) is 10.00 Å². The molecule has 0 aliphatic carbocycles. The van der Waals surface area contributed by atoms with Gasteiger partial charge in [0.25, 0.3) is 0 Å². The molecular weight excluding hydrogens is 196 g/mol. The Morgan fingerprint density at radius 1 is 1.60 bits per heavy atom. The molecule has 0 atom stereocenters. The zero-order chi connectivity index (χ0) is 11.3. The monoisotopic (exact) mass is 206 g/mol. The van der Waals surface area contributed by atoms with E-state index < -0.39 is 5.97 Å². The van der Waals surface area contributed by atoms with Crippen LogP contribution in [0.5, 0.6) is 5.75 Å². The van der Waals surface area contributed by atoms with Crippen molar-refractivity contribution in [1.29, 1.82) is 5.26 Å². The fraction of sp³-hybridized carbons (Fsp3) is 0.300. The van der Waals surface area contributed by atoms with Gasteiger partial charge in [-0.2, -0.15) is 5.26 Å². The summed E-state index contributed by atoms with van der Waals surface area (Å²) in [7, 11) is 2.74. The molecule has 1 rings (SSSR count). The van der Waals surface area contributed by atoms with Crippen LogP contribution in [0, 0.1) is 11.3 Å². The number of carbonyl (C=O) groups is 1. The second kappa shape index (κ2) is 4.96. The van der Waals surface area contributed by atoms with Crippen molar-refractivity contribution in [2.24, 2.45) is 0 Å². The molecule has 1 heterocycles. The maximum absolute atomic E-state index is 11.0. The molecule has 78 valence electrons. The van der Waals surface area contributed by atoms with Crippen LogP contribution in [0.1, 0.15) is 11.3 Å². The first-order chi connectivity index (χ1) is 7.22.